The second kappa shape index (κ2) is 3.22. The smallest absolute Gasteiger partial charge is 0.0204 e. The summed E-state index contributed by atoms with van der Waals surface area (Å²) in [6.07, 6.45) is 0. The summed E-state index contributed by atoms with van der Waals surface area (Å²) >= 11 is 3.45. The van der Waals surface area contributed by atoms with E-state index in [2.05, 4.69) is 47.6 Å². The normalized spacial score (nSPS) is 9.73. The van der Waals surface area contributed by atoms with Crippen LogP contribution < -0.4 is 0 Å². The van der Waals surface area contributed by atoms with Crippen LogP contribution in [0.25, 0.3) is 5.57 Å². The minimum Gasteiger partial charge on any atom is -0.0955 e. The van der Waals surface area contributed by atoms with E-state index in [1.807, 2.05) is 6.92 Å². The maximum atomic E-state index is 3.88. The summed E-state index contributed by atoms with van der Waals surface area (Å²) in [7, 11) is 0. The molecule has 11 heavy (non-hydrogen) atoms. The van der Waals surface area contributed by atoms with Crippen LogP contribution in [0, 0.1) is 6.92 Å². The Balaban J connectivity index is 3.15. The Labute approximate surface area is 76.1 Å². The maximum Gasteiger partial charge on any atom is 0.0204 e. The zero-order chi connectivity index (χ0) is 8.43. The predicted molar refractivity (Wildman–Crippen MR) is 53.6 cm³/mol. The molecule has 1 aromatic rings. The van der Waals surface area contributed by atoms with Crippen LogP contribution in [-0.2, 0) is 0 Å². The van der Waals surface area contributed by atoms with E-state index in [0.717, 1.165) is 10.0 Å². The third-order valence-corrected chi connectivity index (χ3v) is 2.54. The standard InChI is InChI=1S/C10H11Br/c1-7(2)9-4-5-10(11)8(3)6-9/h4-6H,1H2,2-3H3. The molecule has 0 atom stereocenters. The molecule has 0 spiro atoms. The number of benzene rings is 1. The molecule has 0 saturated carbocycles. The van der Waals surface area contributed by atoms with Gasteiger partial charge >= 0.3 is 0 Å². The van der Waals surface area contributed by atoms with Crippen LogP contribution >= 0.6 is 15.9 Å². The molecule has 0 radical (unpaired) electrons. The van der Waals surface area contributed by atoms with Gasteiger partial charge in [0.25, 0.3) is 0 Å². The molecule has 1 rings (SSSR count). The van der Waals surface area contributed by atoms with Gasteiger partial charge in [0.2, 0.25) is 0 Å². The lowest BCUT2D eigenvalue weighted by Gasteiger charge is -2.02. The Kier molecular flexibility index (Phi) is 2.50. The molecule has 1 heteroatoms. The molecule has 0 N–H and O–H groups in total. The van der Waals surface area contributed by atoms with Gasteiger partial charge in [0, 0.05) is 4.47 Å². The van der Waals surface area contributed by atoms with Crippen molar-refractivity contribution in [3.63, 3.8) is 0 Å². The molecule has 0 fully saturated rings. The number of rotatable bonds is 1. The summed E-state index contributed by atoms with van der Waals surface area (Å²) in [4.78, 5) is 0. The summed E-state index contributed by atoms with van der Waals surface area (Å²) in [5, 5.41) is 0. The van der Waals surface area contributed by atoms with E-state index in [0.29, 0.717) is 0 Å². The third-order valence-electron chi connectivity index (χ3n) is 1.65. The highest BCUT2D eigenvalue weighted by Crippen LogP contribution is 2.20. The van der Waals surface area contributed by atoms with Gasteiger partial charge < -0.3 is 0 Å². The Morgan fingerprint density at radius 2 is 2.09 bits per heavy atom. The van der Waals surface area contributed by atoms with Crippen LogP contribution in [0.2, 0.25) is 0 Å². The monoisotopic (exact) mass is 210 g/mol. The van der Waals surface area contributed by atoms with Crippen molar-refractivity contribution in [3.05, 3.63) is 40.4 Å². The number of hydrogen-bond acceptors (Lipinski definition) is 0. The zero-order valence-corrected chi connectivity index (χ0v) is 8.40. The highest BCUT2D eigenvalue weighted by atomic mass is 79.9. The Hall–Kier alpha value is -0.560. The fourth-order valence-corrected chi connectivity index (χ4v) is 1.16. The van der Waals surface area contributed by atoms with E-state index in [1.165, 1.54) is 11.1 Å². The number of allylic oxidation sites excluding steroid dienone is 1. The quantitative estimate of drug-likeness (QED) is 0.662. The van der Waals surface area contributed by atoms with Crippen LogP contribution in [0.1, 0.15) is 18.1 Å². The molecule has 0 aliphatic rings. The average Bonchev–Trinajstić information content (AvgIpc) is 1.94. The topological polar surface area (TPSA) is 0 Å². The van der Waals surface area contributed by atoms with Gasteiger partial charge in [-0.1, -0.05) is 40.2 Å². The third kappa shape index (κ3) is 1.93. The minimum absolute atomic E-state index is 1.11. The van der Waals surface area contributed by atoms with Gasteiger partial charge in [0.15, 0.2) is 0 Å². The van der Waals surface area contributed by atoms with Gasteiger partial charge in [-0.15, -0.1) is 0 Å². The van der Waals surface area contributed by atoms with Crippen LogP contribution in [0.4, 0.5) is 0 Å². The molecule has 0 saturated heterocycles. The molecule has 0 bridgehead atoms. The highest BCUT2D eigenvalue weighted by molar-refractivity contribution is 9.10. The molecule has 0 aromatic heterocycles. The first kappa shape index (κ1) is 8.54. The molecular weight excluding hydrogens is 200 g/mol. The lowest BCUT2D eigenvalue weighted by Crippen LogP contribution is -1.80. The van der Waals surface area contributed by atoms with E-state index in [1.54, 1.807) is 0 Å². The van der Waals surface area contributed by atoms with Crippen LogP contribution in [-0.4, -0.2) is 0 Å². The molecule has 0 nitrogen and oxygen atoms in total. The molecule has 0 heterocycles. The summed E-state index contributed by atoms with van der Waals surface area (Å²) in [6, 6.07) is 6.26. The van der Waals surface area contributed by atoms with Gasteiger partial charge in [-0.05, 0) is 31.0 Å². The van der Waals surface area contributed by atoms with Gasteiger partial charge in [-0.25, -0.2) is 0 Å². The van der Waals surface area contributed by atoms with Gasteiger partial charge in [-0.3, -0.25) is 0 Å². The SMILES string of the molecule is C=C(C)c1ccc(Br)c(C)c1. The molecule has 0 unspecified atom stereocenters. The Bertz CT molecular complexity index is 287. The lowest BCUT2D eigenvalue weighted by atomic mass is 10.1. The first-order valence-corrected chi connectivity index (χ1v) is 4.32. The molecule has 0 amide bonds. The summed E-state index contributed by atoms with van der Waals surface area (Å²) < 4.78 is 1.16. The number of halogens is 1. The first-order chi connectivity index (χ1) is 5.11. The average molecular weight is 211 g/mol. The van der Waals surface area contributed by atoms with Crippen molar-refractivity contribution < 1.29 is 0 Å². The predicted octanol–water partition coefficient (Wildman–Crippen LogP) is 3.79. The highest BCUT2D eigenvalue weighted by Gasteiger charge is 1.96. The molecular formula is C10H11Br. The zero-order valence-electron chi connectivity index (χ0n) is 6.82. The van der Waals surface area contributed by atoms with Crippen molar-refractivity contribution in [2.45, 2.75) is 13.8 Å². The molecule has 0 aliphatic carbocycles. The molecule has 0 aliphatic heterocycles. The second-order valence-electron chi connectivity index (χ2n) is 2.74. The van der Waals surface area contributed by atoms with Crippen LogP contribution in [0.5, 0.6) is 0 Å². The van der Waals surface area contributed by atoms with Crippen LogP contribution in [0.15, 0.2) is 29.3 Å². The van der Waals surface area contributed by atoms with E-state index in [9.17, 15) is 0 Å². The van der Waals surface area contributed by atoms with Crippen molar-refractivity contribution in [3.8, 4) is 0 Å². The molecule has 58 valence electrons. The summed E-state index contributed by atoms with van der Waals surface area (Å²) in [5.74, 6) is 0. The number of aryl methyl sites for hydroxylation is 1. The number of hydrogen-bond donors (Lipinski definition) is 0. The summed E-state index contributed by atoms with van der Waals surface area (Å²) in [6.45, 7) is 7.98. The largest absolute Gasteiger partial charge is 0.0955 e. The van der Waals surface area contributed by atoms with E-state index >= 15 is 0 Å². The minimum atomic E-state index is 1.11. The van der Waals surface area contributed by atoms with Crippen molar-refractivity contribution in [2.24, 2.45) is 0 Å². The maximum absolute atomic E-state index is 3.88. The first-order valence-electron chi connectivity index (χ1n) is 3.53. The van der Waals surface area contributed by atoms with Gasteiger partial charge in [0.1, 0.15) is 0 Å². The van der Waals surface area contributed by atoms with Crippen molar-refractivity contribution in [1.29, 1.82) is 0 Å². The Morgan fingerprint density at radius 3 is 2.55 bits per heavy atom. The summed E-state index contributed by atoms with van der Waals surface area (Å²) in [5.41, 5.74) is 3.58. The lowest BCUT2D eigenvalue weighted by molar-refractivity contribution is 1.40. The van der Waals surface area contributed by atoms with E-state index < -0.39 is 0 Å². The van der Waals surface area contributed by atoms with E-state index in [-0.39, 0.29) is 0 Å². The van der Waals surface area contributed by atoms with Crippen molar-refractivity contribution in [1.82, 2.24) is 0 Å². The molecule has 1 aromatic carbocycles. The Morgan fingerprint density at radius 1 is 1.45 bits per heavy atom. The van der Waals surface area contributed by atoms with Gasteiger partial charge in [0.05, 0.1) is 0 Å². The second-order valence-corrected chi connectivity index (χ2v) is 3.60. The van der Waals surface area contributed by atoms with Crippen LogP contribution in [0.3, 0.4) is 0 Å². The van der Waals surface area contributed by atoms with Gasteiger partial charge in [-0.2, -0.15) is 0 Å². The van der Waals surface area contributed by atoms with E-state index in [4.69, 9.17) is 0 Å². The van der Waals surface area contributed by atoms with Crippen molar-refractivity contribution >= 4 is 21.5 Å². The van der Waals surface area contributed by atoms with Crippen molar-refractivity contribution in [2.75, 3.05) is 0 Å². The fraction of sp³-hybridized carbons (Fsp3) is 0.200. The fourth-order valence-electron chi connectivity index (χ4n) is 0.910.